The number of thiophene rings is 1. The maximum atomic E-state index is 3.46. The number of benzene rings is 1. The Balaban J connectivity index is 1.99. The van der Waals surface area contributed by atoms with Crippen molar-refractivity contribution in [2.45, 2.75) is 13.5 Å². The molecule has 1 nitrogen and oxygen atoms in total. The van der Waals surface area contributed by atoms with Gasteiger partial charge in [0.25, 0.3) is 0 Å². The summed E-state index contributed by atoms with van der Waals surface area (Å²) in [5.41, 5.74) is 1.15. The average Bonchev–Trinajstić information content (AvgIpc) is 2.62. The first kappa shape index (κ1) is 10.7. The van der Waals surface area contributed by atoms with Crippen LogP contribution >= 0.6 is 27.3 Å². The Bertz CT molecular complexity index is 450. The van der Waals surface area contributed by atoms with Crippen LogP contribution in [0.5, 0.6) is 0 Å². The van der Waals surface area contributed by atoms with E-state index in [9.17, 15) is 0 Å². The molecule has 0 unspecified atom stereocenters. The maximum Gasteiger partial charge on any atom is 0.0494 e. The van der Waals surface area contributed by atoms with Gasteiger partial charge in [0.1, 0.15) is 0 Å². The fourth-order valence-corrected chi connectivity index (χ4v) is 2.60. The molecule has 0 bridgehead atoms. The standard InChI is InChI=1S/C12H12BrNS/c1-9-5-6-12(15-9)8-14-11-4-2-3-10(13)7-11/h2-7,14H,8H2,1H3. The molecule has 1 aromatic heterocycles. The zero-order valence-corrected chi connectivity index (χ0v) is 10.9. The van der Waals surface area contributed by atoms with Gasteiger partial charge in [0.05, 0.1) is 0 Å². The van der Waals surface area contributed by atoms with E-state index < -0.39 is 0 Å². The van der Waals surface area contributed by atoms with E-state index in [1.54, 1.807) is 0 Å². The number of rotatable bonds is 3. The van der Waals surface area contributed by atoms with Crippen LogP contribution in [0, 0.1) is 6.92 Å². The molecule has 2 rings (SSSR count). The molecule has 0 aliphatic carbocycles. The van der Waals surface area contributed by atoms with Crippen molar-refractivity contribution in [2.75, 3.05) is 5.32 Å². The second-order valence-corrected chi connectivity index (χ2v) is 5.66. The van der Waals surface area contributed by atoms with Crippen molar-refractivity contribution in [1.29, 1.82) is 0 Å². The van der Waals surface area contributed by atoms with Gasteiger partial charge in [0.2, 0.25) is 0 Å². The summed E-state index contributed by atoms with van der Waals surface area (Å²) in [6.45, 7) is 3.03. The molecule has 0 aliphatic rings. The molecule has 0 saturated carbocycles. The van der Waals surface area contributed by atoms with Crippen LogP contribution in [0.3, 0.4) is 0 Å². The molecular weight excluding hydrogens is 270 g/mol. The SMILES string of the molecule is Cc1ccc(CNc2cccc(Br)c2)s1. The molecule has 0 spiro atoms. The van der Waals surface area contributed by atoms with Crippen LogP contribution in [0.25, 0.3) is 0 Å². The zero-order valence-electron chi connectivity index (χ0n) is 8.46. The zero-order chi connectivity index (χ0) is 10.7. The van der Waals surface area contributed by atoms with Gasteiger partial charge < -0.3 is 5.32 Å². The highest BCUT2D eigenvalue weighted by Crippen LogP contribution is 2.19. The predicted octanol–water partition coefficient (Wildman–Crippen LogP) is 4.43. The van der Waals surface area contributed by atoms with Gasteiger partial charge in [-0.15, -0.1) is 11.3 Å². The second-order valence-electron chi connectivity index (χ2n) is 3.38. The van der Waals surface area contributed by atoms with Crippen molar-refractivity contribution in [3.05, 3.63) is 50.6 Å². The van der Waals surface area contributed by atoms with Crippen molar-refractivity contribution < 1.29 is 0 Å². The molecule has 2 aromatic rings. The summed E-state index contributed by atoms with van der Waals surface area (Å²) < 4.78 is 1.11. The topological polar surface area (TPSA) is 12.0 Å². The number of aryl methyl sites for hydroxylation is 1. The second kappa shape index (κ2) is 4.81. The minimum atomic E-state index is 0.898. The highest BCUT2D eigenvalue weighted by Gasteiger charge is 1.97. The molecule has 0 radical (unpaired) electrons. The lowest BCUT2D eigenvalue weighted by Gasteiger charge is -2.04. The van der Waals surface area contributed by atoms with Gasteiger partial charge in [-0.3, -0.25) is 0 Å². The van der Waals surface area contributed by atoms with Crippen LogP contribution in [0.1, 0.15) is 9.75 Å². The van der Waals surface area contributed by atoms with E-state index in [1.807, 2.05) is 23.5 Å². The minimum Gasteiger partial charge on any atom is -0.380 e. The van der Waals surface area contributed by atoms with Crippen molar-refractivity contribution in [2.24, 2.45) is 0 Å². The molecule has 1 aromatic carbocycles. The maximum absolute atomic E-state index is 3.46. The third-order valence-corrected chi connectivity index (χ3v) is 3.58. The Morgan fingerprint density at radius 1 is 1.27 bits per heavy atom. The first-order chi connectivity index (χ1) is 7.24. The Hall–Kier alpha value is -0.800. The lowest BCUT2D eigenvalue weighted by atomic mass is 10.3. The van der Waals surface area contributed by atoms with E-state index in [4.69, 9.17) is 0 Å². The predicted molar refractivity (Wildman–Crippen MR) is 70.5 cm³/mol. The summed E-state index contributed by atoms with van der Waals surface area (Å²) in [4.78, 5) is 2.73. The number of anilines is 1. The van der Waals surface area contributed by atoms with Gasteiger partial charge in [0.15, 0.2) is 0 Å². The molecule has 0 amide bonds. The molecular formula is C12H12BrNS. The van der Waals surface area contributed by atoms with Crippen molar-refractivity contribution in [3.8, 4) is 0 Å². The van der Waals surface area contributed by atoms with Crippen molar-refractivity contribution in [1.82, 2.24) is 0 Å². The molecule has 0 fully saturated rings. The fourth-order valence-electron chi connectivity index (χ4n) is 1.37. The van der Waals surface area contributed by atoms with Crippen LogP contribution < -0.4 is 5.32 Å². The summed E-state index contributed by atoms with van der Waals surface area (Å²) in [5.74, 6) is 0. The molecule has 1 heterocycles. The third kappa shape index (κ3) is 3.08. The van der Waals surface area contributed by atoms with Gasteiger partial charge in [-0.1, -0.05) is 22.0 Å². The van der Waals surface area contributed by atoms with Gasteiger partial charge in [-0.05, 0) is 37.3 Å². The average molecular weight is 282 g/mol. The highest BCUT2D eigenvalue weighted by molar-refractivity contribution is 9.10. The van der Waals surface area contributed by atoms with E-state index >= 15 is 0 Å². The molecule has 3 heteroatoms. The first-order valence-electron chi connectivity index (χ1n) is 4.79. The van der Waals surface area contributed by atoms with Crippen molar-refractivity contribution >= 4 is 33.0 Å². The van der Waals surface area contributed by atoms with Gasteiger partial charge >= 0.3 is 0 Å². The summed E-state index contributed by atoms with van der Waals surface area (Å²) in [6.07, 6.45) is 0. The van der Waals surface area contributed by atoms with Crippen LogP contribution in [0.2, 0.25) is 0 Å². The quantitative estimate of drug-likeness (QED) is 0.878. The van der Waals surface area contributed by atoms with Crippen LogP contribution in [0.4, 0.5) is 5.69 Å². The number of hydrogen-bond donors (Lipinski definition) is 1. The molecule has 1 N–H and O–H groups in total. The Kier molecular flexibility index (Phi) is 3.44. The van der Waals surface area contributed by atoms with Crippen LogP contribution in [0.15, 0.2) is 40.9 Å². The molecule has 78 valence electrons. The Labute approximate surface area is 102 Å². The first-order valence-corrected chi connectivity index (χ1v) is 6.40. The molecule has 15 heavy (non-hydrogen) atoms. The largest absolute Gasteiger partial charge is 0.380 e. The number of halogens is 1. The normalized spacial score (nSPS) is 10.3. The Morgan fingerprint density at radius 3 is 2.80 bits per heavy atom. The summed E-state index contributed by atoms with van der Waals surface area (Å²) >= 11 is 5.29. The molecule has 0 saturated heterocycles. The van der Waals surface area contributed by atoms with E-state index in [-0.39, 0.29) is 0 Å². The Morgan fingerprint density at radius 2 is 2.13 bits per heavy atom. The van der Waals surface area contributed by atoms with Gasteiger partial charge in [-0.2, -0.15) is 0 Å². The summed E-state index contributed by atoms with van der Waals surface area (Å²) in [5, 5.41) is 3.40. The van der Waals surface area contributed by atoms with Crippen LogP contribution in [-0.2, 0) is 6.54 Å². The van der Waals surface area contributed by atoms with E-state index in [0.717, 1.165) is 16.7 Å². The number of hydrogen-bond acceptors (Lipinski definition) is 2. The fraction of sp³-hybridized carbons (Fsp3) is 0.167. The summed E-state index contributed by atoms with van der Waals surface area (Å²) in [7, 11) is 0. The van der Waals surface area contributed by atoms with E-state index in [0.29, 0.717) is 0 Å². The molecule has 0 aliphatic heterocycles. The van der Waals surface area contributed by atoms with E-state index in [2.05, 4.69) is 52.4 Å². The van der Waals surface area contributed by atoms with Crippen LogP contribution in [-0.4, -0.2) is 0 Å². The monoisotopic (exact) mass is 281 g/mol. The van der Waals surface area contributed by atoms with Gasteiger partial charge in [0, 0.05) is 26.5 Å². The third-order valence-electron chi connectivity index (χ3n) is 2.09. The van der Waals surface area contributed by atoms with Crippen molar-refractivity contribution in [3.63, 3.8) is 0 Å². The lowest BCUT2D eigenvalue weighted by Crippen LogP contribution is -1.96. The highest BCUT2D eigenvalue weighted by atomic mass is 79.9. The summed E-state index contributed by atoms with van der Waals surface area (Å²) in [6, 6.07) is 12.5. The molecule has 0 atom stereocenters. The van der Waals surface area contributed by atoms with E-state index in [1.165, 1.54) is 9.75 Å². The minimum absolute atomic E-state index is 0.898. The van der Waals surface area contributed by atoms with Gasteiger partial charge in [-0.25, -0.2) is 0 Å². The smallest absolute Gasteiger partial charge is 0.0494 e. The lowest BCUT2D eigenvalue weighted by molar-refractivity contribution is 1.19. The number of nitrogens with one attached hydrogen (secondary N) is 1.